The van der Waals surface area contributed by atoms with Crippen LogP contribution < -0.4 is 14.8 Å². The van der Waals surface area contributed by atoms with E-state index in [2.05, 4.69) is 18.3 Å². The van der Waals surface area contributed by atoms with Gasteiger partial charge in [-0.15, -0.1) is 0 Å². The third-order valence-electron chi connectivity index (χ3n) is 3.35. The lowest BCUT2D eigenvalue weighted by Gasteiger charge is -2.21. The van der Waals surface area contributed by atoms with Gasteiger partial charge in [0.15, 0.2) is 0 Å². The van der Waals surface area contributed by atoms with Gasteiger partial charge in [-0.1, -0.05) is 36.7 Å². The van der Waals surface area contributed by atoms with Crippen LogP contribution in [-0.2, 0) is 0 Å². The molecule has 0 saturated heterocycles. The summed E-state index contributed by atoms with van der Waals surface area (Å²) in [5.74, 6) is 1.59. The number of benzene rings is 2. The van der Waals surface area contributed by atoms with Crippen molar-refractivity contribution in [2.75, 3.05) is 20.8 Å². The van der Waals surface area contributed by atoms with Crippen LogP contribution in [0.3, 0.4) is 0 Å². The van der Waals surface area contributed by atoms with E-state index in [1.165, 1.54) is 0 Å². The van der Waals surface area contributed by atoms with Crippen molar-refractivity contribution in [1.82, 2.24) is 5.32 Å². The maximum Gasteiger partial charge on any atom is 0.120 e. The standard InChI is InChI=1S/C17H20ClNO2/c1-4-19-17(12-6-5-7-13(10-12)20-2)15-9-8-14(21-3)11-16(15)18/h5-11,17,19H,4H2,1-3H3. The van der Waals surface area contributed by atoms with Crippen molar-refractivity contribution in [1.29, 1.82) is 0 Å². The number of ether oxygens (including phenoxy) is 2. The van der Waals surface area contributed by atoms with Crippen LogP contribution in [0.25, 0.3) is 0 Å². The van der Waals surface area contributed by atoms with Gasteiger partial charge < -0.3 is 14.8 Å². The molecule has 1 atom stereocenters. The molecular formula is C17H20ClNO2. The van der Waals surface area contributed by atoms with Crippen molar-refractivity contribution in [2.24, 2.45) is 0 Å². The summed E-state index contributed by atoms with van der Waals surface area (Å²) in [7, 11) is 3.30. The van der Waals surface area contributed by atoms with E-state index in [9.17, 15) is 0 Å². The minimum Gasteiger partial charge on any atom is -0.497 e. The highest BCUT2D eigenvalue weighted by Gasteiger charge is 2.17. The summed E-state index contributed by atoms with van der Waals surface area (Å²) < 4.78 is 10.5. The average Bonchev–Trinajstić information content (AvgIpc) is 2.53. The van der Waals surface area contributed by atoms with E-state index in [0.29, 0.717) is 5.02 Å². The fourth-order valence-corrected chi connectivity index (χ4v) is 2.58. The lowest BCUT2D eigenvalue weighted by Crippen LogP contribution is -2.22. The first-order chi connectivity index (χ1) is 10.2. The van der Waals surface area contributed by atoms with Crippen LogP contribution >= 0.6 is 11.6 Å². The van der Waals surface area contributed by atoms with Crippen LogP contribution in [0.4, 0.5) is 0 Å². The number of methoxy groups -OCH3 is 2. The quantitative estimate of drug-likeness (QED) is 0.873. The Balaban J connectivity index is 2.42. The largest absolute Gasteiger partial charge is 0.497 e. The van der Waals surface area contributed by atoms with Crippen LogP contribution in [0.5, 0.6) is 11.5 Å². The first-order valence-electron chi connectivity index (χ1n) is 6.90. The fraction of sp³-hybridized carbons (Fsp3) is 0.294. The Morgan fingerprint density at radius 2 is 1.76 bits per heavy atom. The fourth-order valence-electron chi connectivity index (χ4n) is 2.30. The minimum absolute atomic E-state index is 0.0171. The smallest absolute Gasteiger partial charge is 0.120 e. The molecular weight excluding hydrogens is 286 g/mol. The molecule has 1 N–H and O–H groups in total. The molecule has 2 aromatic carbocycles. The lowest BCUT2D eigenvalue weighted by molar-refractivity contribution is 0.413. The number of hydrogen-bond donors (Lipinski definition) is 1. The zero-order valence-electron chi connectivity index (χ0n) is 12.5. The Bertz CT molecular complexity index is 601. The summed E-state index contributed by atoms with van der Waals surface area (Å²) in [6.45, 7) is 2.91. The van der Waals surface area contributed by atoms with Gasteiger partial charge >= 0.3 is 0 Å². The second-order valence-corrected chi connectivity index (χ2v) is 5.06. The Hall–Kier alpha value is -1.71. The summed E-state index contributed by atoms with van der Waals surface area (Å²) >= 11 is 6.41. The summed E-state index contributed by atoms with van der Waals surface area (Å²) in [5.41, 5.74) is 2.14. The Morgan fingerprint density at radius 3 is 2.38 bits per heavy atom. The molecule has 0 fully saturated rings. The van der Waals surface area contributed by atoms with Gasteiger partial charge in [-0.2, -0.15) is 0 Å². The SMILES string of the molecule is CCNC(c1cccc(OC)c1)c1ccc(OC)cc1Cl. The summed E-state index contributed by atoms with van der Waals surface area (Å²) in [6.07, 6.45) is 0. The van der Waals surface area contributed by atoms with E-state index in [4.69, 9.17) is 21.1 Å². The van der Waals surface area contributed by atoms with Crippen LogP contribution in [-0.4, -0.2) is 20.8 Å². The van der Waals surface area contributed by atoms with Crippen molar-refractivity contribution >= 4 is 11.6 Å². The number of hydrogen-bond acceptors (Lipinski definition) is 3. The second-order valence-electron chi connectivity index (χ2n) is 4.65. The van der Waals surface area contributed by atoms with Crippen molar-refractivity contribution in [3.05, 3.63) is 58.6 Å². The highest BCUT2D eigenvalue weighted by molar-refractivity contribution is 6.31. The molecule has 3 nitrogen and oxygen atoms in total. The highest BCUT2D eigenvalue weighted by atomic mass is 35.5. The number of rotatable bonds is 6. The van der Waals surface area contributed by atoms with Gasteiger partial charge in [0.25, 0.3) is 0 Å². The van der Waals surface area contributed by atoms with Gasteiger partial charge in [-0.3, -0.25) is 0 Å². The Labute approximate surface area is 130 Å². The molecule has 2 aromatic rings. The summed E-state index contributed by atoms with van der Waals surface area (Å²) in [4.78, 5) is 0. The maximum atomic E-state index is 6.41. The first kappa shape index (κ1) is 15.7. The predicted molar refractivity (Wildman–Crippen MR) is 86.5 cm³/mol. The molecule has 0 spiro atoms. The minimum atomic E-state index is 0.0171. The van der Waals surface area contributed by atoms with Crippen molar-refractivity contribution in [3.63, 3.8) is 0 Å². The van der Waals surface area contributed by atoms with Gasteiger partial charge in [0, 0.05) is 5.02 Å². The van der Waals surface area contributed by atoms with E-state index in [0.717, 1.165) is 29.2 Å². The normalized spacial score (nSPS) is 12.0. The van der Waals surface area contributed by atoms with Crippen molar-refractivity contribution < 1.29 is 9.47 Å². The molecule has 0 heterocycles. The molecule has 0 bridgehead atoms. The van der Waals surface area contributed by atoms with Gasteiger partial charge in [0.2, 0.25) is 0 Å². The van der Waals surface area contributed by atoms with Crippen LogP contribution in [0, 0.1) is 0 Å². The van der Waals surface area contributed by atoms with E-state index in [1.807, 2.05) is 36.4 Å². The van der Waals surface area contributed by atoms with Gasteiger partial charge in [-0.25, -0.2) is 0 Å². The van der Waals surface area contributed by atoms with Crippen LogP contribution in [0.15, 0.2) is 42.5 Å². The molecule has 0 aliphatic heterocycles. The molecule has 0 saturated carbocycles. The molecule has 0 aliphatic carbocycles. The molecule has 1 unspecified atom stereocenters. The van der Waals surface area contributed by atoms with Crippen LogP contribution in [0.2, 0.25) is 5.02 Å². The average molecular weight is 306 g/mol. The molecule has 21 heavy (non-hydrogen) atoms. The zero-order valence-corrected chi connectivity index (χ0v) is 13.3. The number of halogens is 1. The van der Waals surface area contributed by atoms with Crippen molar-refractivity contribution in [3.8, 4) is 11.5 Å². The van der Waals surface area contributed by atoms with E-state index >= 15 is 0 Å². The Morgan fingerprint density at radius 1 is 1.05 bits per heavy atom. The van der Waals surface area contributed by atoms with Gasteiger partial charge in [0.1, 0.15) is 11.5 Å². The van der Waals surface area contributed by atoms with Gasteiger partial charge in [-0.05, 0) is 41.9 Å². The van der Waals surface area contributed by atoms with Gasteiger partial charge in [0.05, 0.1) is 20.3 Å². The highest BCUT2D eigenvalue weighted by Crippen LogP contribution is 2.32. The lowest BCUT2D eigenvalue weighted by atomic mass is 9.98. The molecule has 0 radical (unpaired) electrons. The maximum absolute atomic E-state index is 6.41. The zero-order chi connectivity index (χ0) is 15.2. The van der Waals surface area contributed by atoms with Crippen molar-refractivity contribution in [2.45, 2.75) is 13.0 Å². The summed E-state index contributed by atoms with van der Waals surface area (Å²) in [5, 5.41) is 4.15. The second kappa shape index (κ2) is 7.34. The first-order valence-corrected chi connectivity index (χ1v) is 7.28. The van der Waals surface area contributed by atoms with E-state index < -0.39 is 0 Å². The molecule has 4 heteroatoms. The molecule has 2 rings (SSSR count). The predicted octanol–water partition coefficient (Wildman–Crippen LogP) is 4.06. The third-order valence-corrected chi connectivity index (χ3v) is 3.68. The third kappa shape index (κ3) is 3.69. The molecule has 0 aromatic heterocycles. The van der Waals surface area contributed by atoms with Crippen LogP contribution in [0.1, 0.15) is 24.1 Å². The monoisotopic (exact) mass is 305 g/mol. The number of nitrogens with one attached hydrogen (secondary N) is 1. The Kier molecular flexibility index (Phi) is 5.48. The molecule has 0 amide bonds. The topological polar surface area (TPSA) is 30.5 Å². The molecule has 112 valence electrons. The van der Waals surface area contributed by atoms with E-state index in [-0.39, 0.29) is 6.04 Å². The summed E-state index contributed by atoms with van der Waals surface area (Å²) in [6, 6.07) is 13.8. The molecule has 0 aliphatic rings. The van der Waals surface area contributed by atoms with E-state index in [1.54, 1.807) is 14.2 Å².